The second kappa shape index (κ2) is 6.31. The molecule has 1 aromatic rings. The van der Waals surface area contributed by atoms with Crippen LogP contribution in [0.2, 0.25) is 0 Å². The molecule has 6 nitrogen and oxygen atoms in total. The zero-order valence-electron chi connectivity index (χ0n) is 10.5. The Hall–Kier alpha value is -1.18. The van der Waals surface area contributed by atoms with Gasteiger partial charge in [0.15, 0.2) is 0 Å². The van der Waals surface area contributed by atoms with Crippen LogP contribution in [0.3, 0.4) is 0 Å². The quantitative estimate of drug-likeness (QED) is 0.826. The fraction of sp³-hybridized carbons (Fsp3) is 0.500. The number of carbonyl (C=O) groups is 1. The van der Waals surface area contributed by atoms with Crippen LogP contribution in [0.5, 0.6) is 0 Å². The summed E-state index contributed by atoms with van der Waals surface area (Å²) >= 11 is 3.29. The topological polar surface area (TPSA) is 82.7 Å². The summed E-state index contributed by atoms with van der Waals surface area (Å²) in [5, 5.41) is 8.89. The van der Waals surface area contributed by atoms with Gasteiger partial charge in [-0.3, -0.25) is 9.69 Å². The van der Waals surface area contributed by atoms with E-state index in [0.717, 1.165) is 17.6 Å². The van der Waals surface area contributed by atoms with Crippen LogP contribution in [0.15, 0.2) is 16.7 Å². The molecule has 1 aliphatic heterocycles. The summed E-state index contributed by atoms with van der Waals surface area (Å²) < 4.78 is 0.740. The number of piperazine rings is 1. The molecule has 19 heavy (non-hydrogen) atoms. The number of amides is 1. The number of nitrogens with two attached hydrogens (primary N) is 1. The molecular weight excluding hydrogens is 312 g/mol. The molecule has 0 spiro atoms. The van der Waals surface area contributed by atoms with Gasteiger partial charge in [-0.15, -0.1) is 0 Å². The Balaban J connectivity index is 2.03. The van der Waals surface area contributed by atoms with Crippen molar-refractivity contribution in [3.8, 4) is 0 Å². The molecule has 3 N–H and O–H groups in total. The molecule has 1 fully saturated rings. The Morgan fingerprint density at radius 3 is 2.74 bits per heavy atom. The molecule has 1 amide bonds. The van der Waals surface area contributed by atoms with Crippen molar-refractivity contribution in [1.82, 2.24) is 14.8 Å². The first-order valence-electron chi connectivity index (χ1n) is 6.15. The average molecular weight is 329 g/mol. The SMILES string of the molecule is Nc1ncc(Br)cc1C(=O)N1CCN(CCO)CC1. The van der Waals surface area contributed by atoms with Crippen molar-refractivity contribution in [3.63, 3.8) is 0 Å². The maximum absolute atomic E-state index is 12.4. The third kappa shape index (κ3) is 3.43. The van der Waals surface area contributed by atoms with Crippen molar-refractivity contribution in [2.24, 2.45) is 0 Å². The van der Waals surface area contributed by atoms with Crippen molar-refractivity contribution in [1.29, 1.82) is 0 Å². The lowest BCUT2D eigenvalue weighted by molar-refractivity contribution is 0.0615. The number of aliphatic hydroxyl groups is 1. The van der Waals surface area contributed by atoms with Crippen molar-refractivity contribution in [3.05, 3.63) is 22.3 Å². The van der Waals surface area contributed by atoms with Gasteiger partial charge in [-0.05, 0) is 22.0 Å². The Morgan fingerprint density at radius 2 is 2.11 bits per heavy atom. The summed E-state index contributed by atoms with van der Waals surface area (Å²) in [6.45, 7) is 3.63. The molecule has 2 heterocycles. The number of nitrogens with zero attached hydrogens (tertiary/aromatic N) is 3. The van der Waals surface area contributed by atoms with Gasteiger partial charge in [0.25, 0.3) is 5.91 Å². The molecule has 0 unspecified atom stereocenters. The zero-order valence-corrected chi connectivity index (χ0v) is 12.1. The van der Waals surface area contributed by atoms with Gasteiger partial charge in [-0.1, -0.05) is 0 Å². The van der Waals surface area contributed by atoms with Gasteiger partial charge < -0.3 is 15.7 Å². The number of aliphatic hydroxyl groups excluding tert-OH is 1. The molecule has 0 aliphatic carbocycles. The molecule has 0 radical (unpaired) electrons. The highest BCUT2D eigenvalue weighted by Gasteiger charge is 2.23. The standard InChI is InChI=1S/C12H17BrN4O2/c13-9-7-10(11(14)15-8-9)12(19)17-3-1-16(2-4-17)5-6-18/h7-8,18H,1-6H2,(H2,14,15). The van der Waals surface area contributed by atoms with E-state index in [1.165, 1.54) is 0 Å². The molecule has 104 valence electrons. The molecular formula is C12H17BrN4O2. The molecule has 2 rings (SSSR count). The number of hydrogen-bond donors (Lipinski definition) is 2. The zero-order chi connectivity index (χ0) is 13.8. The summed E-state index contributed by atoms with van der Waals surface area (Å²) in [5.41, 5.74) is 6.18. The number of halogens is 1. The highest BCUT2D eigenvalue weighted by molar-refractivity contribution is 9.10. The number of β-amino-alcohol motifs (C(OH)–C–C–N with tert-alkyl or cyclic N) is 1. The van der Waals surface area contributed by atoms with Gasteiger partial charge in [0.05, 0.1) is 12.2 Å². The minimum Gasteiger partial charge on any atom is -0.395 e. The third-order valence-electron chi connectivity index (χ3n) is 3.19. The highest BCUT2D eigenvalue weighted by atomic mass is 79.9. The van der Waals surface area contributed by atoms with Crippen LogP contribution in [-0.4, -0.2) is 65.1 Å². The van der Waals surface area contributed by atoms with Crippen LogP contribution in [0.4, 0.5) is 5.82 Å². The molecule has 0 saturated carbocycles. The van der Waals surface area contributed by atoms with E-state index < -0.39 is 0 Å². The highest BCUT2D eigenvalue weighted by Crippen LogP contribution is 2.18. The normalized spacial score (nSPS) is 16.6. The molecule has 0 bridgehead atoms. The largest absolute Gasteiger partial charge is 0.395 e. The molecule has 7 heteroatoms. The summed E-state index contributed by atoms with van der Waals surface area (Å²) in [6, 6.07) is 1.70. The summed E-state index contributed by atoms with van der Waals surface area (Å²) in [4.78, 5) is 20.2. The fourth-order valence-electron chi connectivity index (χ4n) is 2.11. The van der Waals surface area contributed by atoms with Crippen molar-refractivity contribution in [2.75, 3.05) is 45.1 Å². The Morgan fingerprint density at radius 1 is 1.42 bits per heavy atom. The number of anilines is 1. The van der Waals surface area contributed by atoms with E-state index in [0.29, 0.717) is 25.2 Å². The Bertz CT molecular complexity index is 461. The van der Waals surface area contributed by atoms with Gasteiger partial charge in [-0.25, -0.2) is 4.98 Å². The first-order valence-corrected chi connectivity index (χ1v) is 6.94. The van der Waals surface area contributed by atoms with E-state index in [1.807, 2.05) is 0 Å². The lowest BCUT2D eigenvalue weighted by Crippen LogP contribution is -2.49. The van der Waals surface area contributed by atoms with Gasteiger partial charge in [0.2, 0.25) is 0 Å². The first kappa shape index (κ1) is 14.2. The van der Waals surface area contributed by atoms with Crippen molar-refractivity contribution < 1.29 is 9.90 Å². The van der Waals surface area contributed by atoms with E-state index in [1.54, 1.807) is 17.2 Å². The summed E-state index contributed by atoms with van der Waals surface area (Å²) in [7, 11) is 0. The minimum absolute atomic E-state index is 0.0880. The molecule has 0 atom stereocenters. The Kier molecular flexibility index (Phi) is 4.73. The number of nitrogen functional groups attached to an aromatic ring is 1. The van der Waals surface area contributed by atoms with E-state index in [-0.39, 0.29) is 18.3 Å². The maximum Gasteiger partial charge on any atom is 0.257 e. The molecule has 1 saturated heterocycles. The van der Waals surface area contributed by atoms with E-state index in [4.69, 9.17) is 10.8 Å². The second-order valence-corrected chi connectivity index (χ2v) is 5.36. The van der Waals surface area contributed by atoms with Crippen molar-refractivity contribution in [2.45, 2.75) is 0 Å². The first-order chi connectivity index (χ1) is 9.11. The number of pyridine rings is 1. The lowest BCUT2D eigenvalue weighted by atomic mass is 10.2. The minimum atomic E-state index is -0.0880. The maximum atomic E-state index is 12.4. The summed E-state index contributed by atoms with van der Waals surface area (Å²) in [5.74, 6) is 0.168. The van der Waals surface area contributed by atoms with Gasteiger partial charge in [0.1, 0.15) is 5.82 Å². The lowest BCUT2D eigenvalue weighted by Gasteiger charge is -2.34. The summed E-state index contributed by atoms with van der Waals surface area (Å²) in [6.07, 6.45) is 1.57. The van der Waals surface area contributed by atoms with Crippen LogP contribution < -0.4 is 5.73 Å². The van der Waals surface area contributed by atoms with Crippen LogP contribution >= 0.6 is 15.9 Å². The smallest absolute Gasteiger partial charge is 0.257 e. The van der Waals surface area contributed by atoms with Gasteiger partial charge in [0, 0.05) is 43.4 Å². The van der Waals surface area contributed by atoms with Crippen LogP contribution in [-0.2, 0) is 0 Å². The molecule has 1 aliphatic rings. The second-order valence-electron chi connectivity index (χ2n) is 4.44. The Labute approximate surface area is 120 Å². The van der Waals surface area contributed by atoms with Gasteiger partial charge in [-0.2, -0.15) is 0 Å². The third-order valence-corrected chi connectivity index (χ3v) is 3.62. The van der Waals surface area contributed by atoms with Crippen LogP contribution in [0, 0.1) is 0 Å². The number of rotatable bonds is 3. The predicted octanol–water partition coefficient (Wildman–Crippen LogP) is 0.176. The number of hydrogen-bond acceptors (Lipinski definition) is 5. The van der Waals surface area contributed by atoms with E-state index in [9.17, 15) is 4.79 Å². The molecule has 1 aromatic heterocycles. The van der Waals surface area contributed by atoms with Gasteiger partial charge >= 0.3 is 0 Å². The molecule has 0 aromatic carbocycles. The predicted molar refractivity (Wildman–Crippen MR) is 75.8 cm³/mol. The average Bonchev–Trinajstić information content (AvgIpc) is 2.42. The fourth-order valence-corrected chi connectivity index (χ4v) is 2.44. The van der Waals surface area contributed by atoms with Crippen molar-refractivity contribution >= 4 is 27.7 Å². The van der Waals surface area contributed by atoms with Crippen LogP contribution in [0.1, 0.15) is 10.4 Å². The van der Waals surface area contributed by atoms with E-state index >= 15 is 0 Å². The monoisotopic (exact) mass is 328 g/mol. The van der Waals surface area contributed by atoms with Crippen LogP contribution in [0.25, 0.3) is 0 Å². The van der Waals surface area contributed by atoms with E-state index in [2.05, 4.69) is 25.8 Å². The number of carbonyl (C=O) groups excluding carboxylic acids is 1. The number of aromatic nitrogens is 1.